The Morgan fingerprint density at radius 2 is 1.95 bits per heavy atom. The maximum absolute atomic E-state index is 13.8. The third-order valence-electron chi connectivity index (χ3n) is 3.92. The van der Waals surface area contributed by atoms with E-state index in [4.69, 9.17) is 11.6 Å². The third-order valence-corrected chi connectivity index (χ3v) is 4.23. The van der Waals surface area contributed by atoms with E-state index >= 15 is 0 Å². The number of halogens is 2. The summed E-state index contributed by atoms with van der Waals surface area (Å²) in [6.45, 7) is 4.97. The highest BCUT2D eigenvalue weighted by Crippen LogP contribution is 2.21. The molecule has 1 aromatic rings. The highest BCUT2D eigenvalue weighted by atomic mass is 35.5. The minimum absolute atomic E-state index is 0.00905. The Morgan fingerprint density at radius 1 is 1.27 bits per heavy atom. The number of benzene rings is 1. The summed E-state index contributed by atoms with van der Waals surface area (Å²) in [7, 11) is 4.13. The van der Waals surface area contributed by atoms with Crippen molar-refractivity contribution in [2.24, 2.45) is 0 Å². The van der Waals surface area contributed by atoms with E-state index in [1.807, 2.05) is 0 Å². The van der Waals surface area contributed by atoms with Gasteiger partial charge in [-0.3, -0.25) is 9.69 Å². The Kier molecular flexibility index (Phi) is 6.17. The molecule has 6 heteroatoms. The molecule has 1 amide bonds. The predicted octanol–water partition coefficient (Wildman–Crippen LogP) is 2.19. The molecule has 4 nitrogen and oxygen atoms in total. The molecule has 22 heavy (non-hydrogen) atoms. The summed E-state index contributed by atoms with van der Waals surface area (Å²) in [5, 5.41) is 0.179. The normalized spacial score (nSPS) is 16.3. The average molecular weight is 328 g/mol. The van der Waals surface area contributed by atoms with Crippen molar-refractivity contribution in [1.82, 2.24) is 14.7 Å². The van der Waals surface area contributed by atoms with Crippen LogP contribution in [0.2, 0.25) is 5.02 Å². The monoisotopic (exact) mass is 327 g/mol. The van der Waals surface area contributed by atoms with Crippen LogP contribution in [0.15, 0.2) is 18.2 Å². The fraction of sp³-hybridized carbons (Fsp3) is 0.562. The molecule has 0 atom stereocenters. The SMILES string of the molecule is CN(C)CCCN1CCN(C(=O)c2c(F)cccc2Cl)CC1. The molecule has 1 heterocycles. The zero-order valence-electron chi connectivity index (χ0n) is 13.2. The van der Waals surface area contributed by atoms with Crippen molar-refractivity contribution in [2.45, 2.75) is 6.42 Å². The van der Waals surface area contributed by atoms with E-state index in [0.717, 1.165) is 32.6 Å². The fourth-order valence-corrected chi connectivity index (χ4v) is 2.89. The van der Waals surface area contributed by atoms with Gasteiger partial charge < -0.3 is 9.80 Å². The Bertz CT molecular complexity index is 496. The zero-order chi connectivity index (χ0) is 16.1. The van der Waals surface area contributed by atoms with Gasteiger partial charge in [-0.25, -0.2) is 4.39 Å². The molecule has 1 saturated heterocycles. The smallest absolute Gasteiger partial charge is 0.258 e. The molecule has 0 aromatic heterocycles. The van der Waals surface area contributed by atoms with E-state index in [9.17, 15) is 9.18 Å². The van der Waals surface area contributed by atoms with Crippen LogP contribution in [0.5, 0.6) is 0 Å². The second-order valence-corrected chi connectivity index (χ2v) is 6.29. The number of hydrogen-bond donors (Lipinski definition) is 0. The van der Waals surface area contributed by atoms with Gasteiger partial charge in [-0.15, -0.1) is 0 Å². The molecule has 1 aliphatic rings. The molecular formula is C16H23ClFN3O. The maximum atomic E-state index is 13.8. The number of hydrogen-bond acceptors (Lipinski definition) is 3. The summed E-state index contributed by atoms with van der Waals surface area (Å²) in [5.74, 6) is -0.859. The lowest BCUT2D eigenvalue weighted by molar-refractivity contribution is 0.0629. The van der Waals surface area contributed by atoms with Crippen LogP contribution in [0.25, 0.3) is 0 Å². The molecule has 2 rings (SSSR count). The van der Waals surface area contributed by atoms with Gasteiger partial charge in [0.05, 0.1) is 10.6 Å². The molecule has 1 aliphatic heterocycles. The van der Waals surface area contributed by atoms with Gasteiger partial charge in [0.15, 0.2) is 0 Å². The lowest BCUT2D eigenvalue weighted by atomic mass is 10.1. The molecule has 122 valence electrons. The topological polar surface area (TPSA) is 26.8 Å². The summed E-state index contributed by atoms with van der Waals surface area (Å²) < 4.78 is 13.8. The third kappa shape index (κ3) is 4.41. The molecule has 0 radical (unpaired) electrons. The van der Waals surface area contributed by atoms with Gasteiger partial charge in [-0.1, -0.05) is 17.7 Å². The highest BCUT2D eigenvalue weighted by Gasteiger charge is 2.25. The number of carbonyl (C=O) groups is 1. The quantitative estimate of drug-likeness (QED) is 0.829. The van der Waals surface area contributed by atoms with Crippen LogP contribution in [0, 0.1) is 5.82 Å². The Labute approximate surface area is 136 Å². The molecule has 0 spiro atoms. The van der Waals surface area contributed by atoms with Crippen LogP contribution >= 0.6 is 11.6 Å². The number of carbonyl (C=O) groups excluding carboxylic acids is 1. The standard InChI is InChI=1S/C16H23ClFN3O/c1-19(2)7-4-8-20-9-11-21(12-10-20)16(22)15-13(17)5-3-6-14(15)18/h3,5-6H,4,7-12H2,1-2H3. The van der Waals surface area contributed by atoms with Crippen LogP contribution < -0.4 is 0 Å². The molecule has 1 aromatic carbocycles. The lowest BCUT2D eigenvalue weighted by Gasteiger charge is -2.35. The van der Waals surface area contributed by atoms with E-state index < -0.39 is 5.82 Å². The molecule has 0 bridgehead atoms. The van der Waals surface area contributed by atoms with E-state index in [-0.39, 0.29) is 16.5 Å². The molecule has 1 fully saturated rings. The van der Waals surface area contributed by atoms with Gasteiger partial charge in [0.1, 0.15) is 5.82 Å². The molecule has 0 aliphatic carbocycles. The predicted molar refractivity (Wildman–Crippen MR) is 86.9 cm³/mol. The van der Waals surface area contributed by atoms with Crippen molar-refractivity contribution in [3.63, 3.8) is 0 Å². The van der Waals surface area contributed by atoms with Crippen LogP contribution in [-0.4, -0.2) is 74.0 Å². The minimum Gasteiger partial charge on any atom is -0.336 e. The van der Waals surface area contributed by atoms with E-state index in [1.165, 1.54) is 12.1 Å². The van der Waals surface area contributed by atoms with Crippen LogP contribution in [-0.2, 0) is 0 Å². The molecule has 0 saturated carbocycles. The van der Waals surface area contributed by atoms with Gasteiger partial charge >= 0.3 is 0 Å². The number of amides is 1. The Morgan fingerprint density at radius 3 is 2.55 bits per heavy atom. The summed E-state index contributed by atoms with van der Waals surface area (Å²) in [6, 6.07) is 4.34. The van der Waals surface area contributed by atoms with E-state index in [2.05, 4.69) is 23.9 Å². The van der Waals surface area contributed by atoms with Gasteiger partial charge in [0.2, 0.25) is 0 Å². The molecular weight excluding hydrogens is 305 g/mol. The van der Waals surface area contributed by atoms with Crippen molar-refractivity contribution in [3.8, 4) is 0 Å². The second-order valence-electron chi connectivity index (χ2n) is 5.89. The van der Waals surface area contributed by atoms with Crippen LogP contribution in [0.4, 0.5) is 4.39 Å². The van der Waals surface area contributed by atoms with Crippen LogP contribution in [0.3, 0.4) is 0 Å². The number of nitrogens with zero attached hydrogens (tertiary/aromatic N) is 3. The second kappa shape index (κ2) is 7.90. The first-order valence-electron chi connectivity index (χ1n) is 7.59. The first kappa shape index (κ1) is 17.2. The lowest BCUT2D eigenvalue weighted by Crippen LogP contribution is -2.49. The van der Waals surface area contributed by atoms with Gasteiger partial charge in [0.25, 0.3) is 5.91 Å². The van der Waals surface area contributed by atoms with Gasteiger partial charge in [0, 0.05) is 26.2 Å². The van der Waals surface area contributed by atoms with E-state index in [0.29, 0.717) is 13.1 Å². The Hall–Kier alpha value is -1.17. The summed E-state index contributed by atoms with van der Waals surface area (Å²) in [6.07, 6.45) is 1.11. The minimum atomic E-state index is -0.550. The number of piperazine rings is 1. The van der Waals surface area contributed by atoms with Gasteiger partial charge in [-0.05, 0) is 45.7 Å². The van der Waals surface area contributed by atoms with Crippen molar-refractivity contribution >= 4 is 17.5 Å². The van der Waals surface area contributed by atoms with Crippen molar-refractivity contribution in [2.75, 3.05) is 53.4 Å². The first-order chi connectivity index (χ1) is 10.5. The summed E-state index contributed by atoms with van der Waals surface area (Å²) >= 11 is 5.97. The van der Waals surface area contributed by atoms with Crippen molar-refractivity contribution in [3.05, 3.63) is 34.6 Å². The average Bonchev–Trinajstić information content (AvgIpc) is 2.47. The zero-order valence-corrected chi connectivity index (χ0v) is 13.9. The van der Waals surface area contributed by atoms with E-state index in [1.54, 1.807) is 11.0 Å². The highest BCUT2D eigenvalue weighted by molar-refractivity contribution is 6.33. The largest absolute Gasteiger partial charge is 0.336 e. The number of rotatable bonds is 5. The van der Waals surface area contributed by atoms with Gasteiger partial charge in [-0.2, -0.15) is 0 Å². The van der Waals surface area contributed by atoms with Crippen molar-refractivity contribution in [1.29, 1.82) is 0 Å². The fourth-order valence-electron chi connectivity index (χ4n) is 2.65. The summed E-state index contributed by atoms with van der Waals surface area (Å²) in [4.78, 5) is 18.6. The molecule has 0 unspecified atom stereocenters. The van der Waals surface area contributed by atoms with Crippen molar-refractivity contribution < 1.29 is 9.18 Å². The Balaban J connectivity index is 1.87. The first-order valence-corrected chi connectivity index (χ1v) is 7.97. The van der Waals surface area contributed by atoms with Crippen LogP contribution in [0.1, 0.15) is 16.8 Å². The molecule has 0 N–H and O–H groups in total. The maximum Gasteiger partial charge on any atom is 0.258 e. The summed E-state index contributed by atoms with van der Waals surface area (Å²) in [5.41, 5.74) is -0.00905.